The molecule has 0 heterocycles. The predicted octanol–water partition coefficient (Wildman–Crippen LogP) is 1.92. The topological polar surface area (TPSA) is 55.1 Å². The number of rotatable bonds is 2. The summed E-state index contributed by atoms with van der Waals surface area (Å²) in [4.78, 5) is 11.1. The lowest BCUT2D eigenvalue weighted by Gasteiger charge is -2.16. The maximum atomic E-state index is 13.8. The Morgan fingerprint density at radius 1 is 1.12 bits per heavy atom. The number of benzene rings is 2. The van der Waals surface area contributed by atoms with Gasteiger partial charge in [-0.3, -0.25) is 10.2 Å². The fraction of sp³-hybridized carbons (Fsp3) is 0.0833. The van der Waals surface area contributed by atoms with Crippen LogP contribution in [0.2, 0.25) is 0 Å². The van der Waals surface area contributed by atoms with E-state index < -0.39 is 11.8 Å². The minimum Gasteiger partial charge on any atom is -0.289 e. The normalized spacial score (nSPS) is 11.5. The van der Waals surface area contributed by atoms with Gasteiger partial charge in [0.1, 0.15) is 0 Å². The number of carbonyl (C=O) groups excluding carboxylic acids is 1. The highest BCUT2D eigenvalue weighted by molar-refractivity contribution is 5.93. The van der Waals surface area contributed by atoms with Crippen LogP contribution in [0.5, 0.6) is 0 Å². The molecule has 0 aliphatic carbocycles. The van der Waals surface area contributed by atoms with Crippen molar-refractivity contribution in [3.63, 3.8) is 0 Å². The molecule has 0 radical (unpaired) electrons. The van der Waals surface area contributed by atoms with Crippen LogP contribution in [0.3, 0.4) is 0 Å². The highest BCUT2D eigenvalue weighted by atomic mass is 19.3. The molecule has 3 nitrogen and oxygen atoms in total. The molecule has 88 valence electrons. The van der Waals surface area contributed by atoms with E-state index in [0.717, 1.165) is 0 Å². The number of hydrazine groups is 1. The molecule has 17 heavy (non-hydrogen) atoms. The zero-order valence-electron chi connectivity index (χ0n) is 8.78. The van der Waals surface area contributed by atoms with Gasteiger partial charge in [0, 0.05) is 5.56 Å². The maximum absolute atomic E-state index is 13.8. The third-order valence-corrected chi connectivity index (χ3v) is 2.54. The SMILES string of the molecule is NNC(=O)C(F)(F)c1cccc2ccccc12. The molecule has 0 fully saturated rings. The summed E-state index contributed by atoms with van der Waals surface area (Å²) in [6, 6.07) is 11.0. The molecule has 2 aromatic carbocycles. The Balaban J connectivity index is 2.67. The molecule has 3 N–H and O–H groups in total. The lowest BCUT2D eigenvalue weighted by Crippen LogP contribution is -2.42. The predicted molar refractivity (Wildman–Crippen MR) is 60.2 cm³/mol. The van der Waals surface area contributed by atoms with E-state index in [-0.39, 0.29) is 5.56 Å². The first-order chi connectivity index (χ1) is 8.07. The average Bonchev–Trinajstić information content (AvgIpc) is 2.37. The first-order valence-electron chi connectivity index (χ1n) is 4.94. The fourth-order valence-electron chi connectivity index (χ4n) is 1.71. The number of amides is 1. The van der Waals surface area contributed by atoms with Crippen LogP contribution in [0.25, 0.3) is 10.8 Å². The van der Waals surface area contributed by atoms with Gasteiger partial charge in [0.2, 0.25) is 0 Å². The summed E-state index contributed by atoms with van der Waals surface area (Å²) in [6.45, 7) is 0. The first-order valence-corrected chi connectivity index (χ1v) is 4.94. The van der Waals surface area contributed by atoms with Gasteiger partial charge in [-0.15, -0.1) is 0 Å². The summed E-state index contributed by atoms with van der Waals surface area (Å²) in [7, 11) is 0. The van der Waals surface area contributed by atoms with E-state index in [4.69, 9.17) is 5.84 Å². The Morgan fingerprint density at radius 2 is 1.76 bits per heavy atom. The molecule has 0 aliphatic heterocycles. The molecule has 0 bridgehead atoms. The van der Waals surface area contributed by atoms with E-state index >= 15 is 0 Å². The zero-order chi connectivity index (χ0) is 12.5. The van der Waals surface area contributed by atoms with Crippen LogP contribution >= 0.6 is 0 Å². The molecule has 0 saturated heterocycles. The van der Waals surface area contributed by atoms with Gasteiger partial charge in [-0.2, -0.15) is 8.78 Å². The first kappa shape index (κ1) is 11.5. The minimum atomic E-state index is -3.64. The van der Waals surface area contributed by atoms with Crippen molar-refractivity contribution in [2.24, 2.45) is 5.84 Å². The summed E-state index contributed by atoms with van der Waals surface area (Å²) >= 11 is 0. The monoisotopic (exact) mass is 236 g/mol. The number of nitrogens with one attached hydrogen (secondary N) is 1. The van der Waals surface area contributed by atoms with Crippen molar-refractivity contribution in [2.45, 2.75) is 5.92 Å². The Labute approximate surface area is 96.2 Å². The lowest BCUT2D eigenvalue weighted by atomic mass is 9.99. The highest BCUT2D eigenvalue weighted by Crippen LogP contribution is 2.33. The Bertz CT molecular complexity index is 564. The van der Waals surface area contributed by atoms with E-state index in [1.165, 1.54) is 17.6 Å². The number of hydrogen-bond acceptors (Lipinski definition) is 2. The fourth-order valence-corrected chi connectivity index (χ4v) is 1.71. The Kier molecular flexibility index (Phi) is 2.77. The van der Waals surface area contributed by atoms with E-state index in [1.807, 2.05) is 0 Å². The van der Waals surface area contributed by atoms with Crippen molar-refractivity contribution in [3.8, 4) is 0 Å². The van der Waals surface area contributed by atoms with Gasteiger partial charge < -0.3 is 0 Å². The summed E-state index contributed by atoms with van der Waals surface area (Å²) in [6.07, 6.45) is 0. The smallest absolute Gasteiger partial charge is 0.289 e. The maximum Gasteiger partial charge on any atom is 0.351 e. The molecule has 2 rings (SSSR count). The van der Waals surface area contributed by atoms with Gasteiger partial charge in [-0.05, 0) is 10.8 Å². The molecular formula is C12H10F2N2O. The summed E-state index contributed by atoms with van der Waals surface area (Å²) in [5.41, 5.74) is 1.13. The molecular weight excluding hydrogens is 226 g/mol. The van der Waals surface area contributed by atoms with Crippen LogP contribution < -0.4 is 11.3 Å². The van der Waals surface area contributed by atoms with E-state index in [2.05, 4.69) is 0 Å². The molecule has 2 aromatic rings. The van der Waals surface area contributed by atoms with Crippen LogP contribution in [-0.2, 0) is 10.7 Å². The van der Waals surface area contributed by atoms with Gasteiger partial charge >= 0.3 is 11.8 Å². The second kappa shape index (κ2) is 4.10. The van der Waals surface area contributed by atoms with Crippen molar-refractivity contribution in [2.75, 3.05) is 0 Å². The standard InChI is InChI=1S/C12H10F2N2O/c13-12(14,11(17)16-15)10-7-3-5-8-4-1-2-6-9(8)10/h1-7H,15H2,(H,16,17). The van der Waals surface area contributed by atoms with E-state index in [0.29, 0.717) is 10.8 Å². The molecule has 0 saturated carbocycles. The van der Waals surface area contributed by atoms with E-state index in [1.54, 1.807) is 30.3 Å². The summed E-state index contributed by atoms with van der Waals surface area (Å²) in [5, 5.41) is 0.984. The molecule has 0 unspecified atom stereocenters. The molecule has 5 heteroatoms. The third-order valence-electron chi connectivity index (χ3n) is 2.54. The second-order valence-corrected chi connectivity index (χ2v) is 3.57. The van der Waals surface area contributed by atoms with Gasteiger partial charge in [0.25, 0.3) is 0 Å². The van der Waals surface area contributed by atoms with Crippen LogP contribution in [0.4, 0.5) is 8.78 Å². The largest absolute Gasteiger partial charge is 0.351 e. The minimum absolute atomic E-state index is 0.337. The highest BCUT2D eigenvalue weighted by Gasteiger charge is 2.41. The van der Waals surface area contributed by atoms with Crippen molar-refractivity contribution in [3.05, 3.63) is 48.0 Å². The van der Waals surface area contributed by atoms with E-state index in [9.17, 15) is 13.6 Å². The van der Waals surface area contributed by atoms with Gasteiger partial charge in [-0.25, -0.2) is 5.84 Å². The van der Waals surface area contributed by atoms with Crippen LogP contribution in [-0.4, -0.2) is 5.91 Å². The Morgan fingerprint density at radius 3 is 2.47 bits per heavy atom. The molecule has 0 atom stereocenters. The van der Waals surface area contributed by atoms with Crippen molar-refractivity contribution in [1.29, 1.82) is 0 Å². The number of hydrogen-bond donors (Lipinski definition) is 2. The molecule has 0 aliphatic rings. The summed E-state index contributed by atoms with van der Waals surface area (Å²) in [5.74, 6) is -0.403. The second-order valence-electron chi connectivity index (χ2n) is 3.57. The van der Waals surface area contributed by atoms with Crippen LogP contribution in [0.1, 0.15) is 5.56 Å². The third kappa shape index (κ3) is 1.85. The Hall–Kier alpha value is -2.01. The molecule has 0 spiro atoms. The summed E-state index contributed by atoms with van der Waals surface area (Å²) < 4.78 is 27.6. The molecule has 0 aromatic heterocycles. The van der Waals surface area contributed by atoms with Gasteiger partial charge in [0.15, 0.2) is 0 Å². The van der Waals surface area contributed by atoms with Gasteiger partial charge in [-0.1, -0.05) is 42.5 Å². The molecule has 1 amide bonds. The number of nitrogens with two attached hydrogens (primary N) is 1. The quantitative estimate of drug-likeness (QED) is 0.475. The van der Waals surface area contributed by atoms with Crippen LogP contribution in [0, 0.1) is 0 Å². The number of fused-ring (bicyclic) bond motifs is 1. The van der Waals surface area contributed by atoms with Crippen molar-refractivity contribution < 1.29 is 13.6 Å². The lowest BCUT2D eigenvalue weighted by molar-refractivity contribution is -0.146. The van der Waals surface area contributed by atoms with Crippen molar-refractivity contribution in [1.82, 2.24) is 5.43 Å². The van der Waals surface area contributed by atoms with Gasteiger partial charge in [0.05, 0.1) is 0 Å². The number of carbonyl (C=O) groups is 1. The van der Waals surface area contributed by atoms with Crippen molar-refractivity contribution >= 4 is 16.7 Å². The van der Waals surface area contributed by atoms with Crippen LogP contribution in [0.15, 0.2) is 42.5 Å². The average molecular weight is 236 g/mol. The number of alkyl halides is 2. The number of halogens is 2. The zero-order valence-corrected chi connectivity index (χ0v) is 8.78.